The summed E-state index contributed by atoms with van der Waals surface area (Å²) in [5.41, 5.74) is 2.52. The van der Waals surface area contributed by atoms with Gasteiger partial charge in [-0.25, -0.2) is 4.98 Å². The topological polar surface area (TPSA) is 65.5 Å². The molecule has 1 aliphatic heterocycles. The van der Waals surface area contributed by atoms with Crippen LogP contribution in [0.25, 0.3) is 0 Å². The van der Waals surface area contributed by atoms with Crippen LogP contribution in [0.1, 0.15) is 25.5 Å². The predicted octanol–water partition coefficient (Wildman–Crippen LogP) is 1.14. The number of nitrogens with one attached hydrogen (secondary N) is 1. The van der Waals surface area contributed by atoms with Crippen LogP contribution < -0.4 is 5.32 Å². The maximum absolute atomic E-state index is 12.5. The Bertz CT molecular complexity index is 510. The van der Waals surface area contributed by atoms with E-state index in [0.29, 0.717) is 25.6 Å². The molecule has 21 heavy (non-hydrogen) atoms. The molecule has 0 saturated carbocycles. The maximum atomic E-state index is 12.5. The van der Waals surface area contributed by atoms with Crippen LogP contribution >= 0.6 is 11.3 Å². The summed E-state index contributed by atoms with van der Waals surface area (Å²) in [6, 6.07) is 0. The van der Waals surface area contributed by atoms with Crippen LogP contribution in [0.3, 0.4) is 0 Å². The van der Waals surface area contributed by atoms with E-state index >= 15 is 0 Å². The molecule has 0 spiro atoms. The number of rotatable bonds is 7. The van der Waals surface area contributed by atoms with Crippen molar-refractivity contribution >= 4 is 21.5 Å². The lowest BCUT2D eigenvalue weighted by Gasteiger charge is -2.33. The standard InChI is InChI=1S/C13H24N4O2S2/c1-3-14-8-12-4-6-17(7-5-12)21(18,19)16(2)9-13-10-20-11-15-13/h10-12,14H,3-9H2,1-2H3. The molecule has 1 N–H and O–H groups in total. The average molecular weight is 332 g/mol. The second-order valence-corrected chi connectivity index (χ2v) is 8.15. The van der Waals surface area contributed by atoms with Crippen molar-refractivity contribution < 1.29 is 8.42 Å². The number of hydrogen-bond donors (Lipinski definition) is 1. The van der Waals surface area contributed by atoms with Gasteiger partial charge in [-0.3, -0.25) is 0 Å². The lowest BCUT2D eigenvalue weighted by molar-refractivity contribution is 0.253. The van der Waals surface area contributed by atoms with Crippen LogP contribution in [0.15, 0.2) is 10.9 Å². The first-order chi connectivity index (χ1) is 10.0. The van der Waals surface area contributed by atoms with Crippen LogP contribution in [-0.4, -0.2) is 55.2 Å². The van der Waals surface area contributed by atoms with Crippen molar-refractivity contribution in [3.05, 3.63) is 16.6 Å². The molecular weight excluding hydrogens is 308 g/mol. The van der Waals surface area contributed by atoms with Crippen molar-refractivity contribution in [1.29, 1.82) is 0 Å². The van der Waals surface area contributed by atoms with E-state index in [1.807, 2.05) is 5.38 Å². The van der Waals surface area contributed by atoms with E-state index in [-0.39, 0.29) is 0 Å². The smallest absolute Gasteiger partial charge is 0.282 e. The van der Waals surface area contributed by atoms with E-state index in [1.165, 1.54) is 15.6 Å². The summed E-state index contributed by atoms with van der Waals surface area (Å²) in [7, 11) is -1.75. The fraction of sp³-hybridized carbons (Fsp3) is 0.769. The Morgan fingerprint density at radius 1 is 1.48 bits per heavy atom. The molecule has 8 heteroatoms. The molecule has 1 saturated heterocycles. The van der Waals surface area contributed by atoms with Gasteiger partial charge in [-0.15, -0.1) is 11.3 Å². The Hall–Kier alpha value is -0.540. The van der Waals surface area contributed by atoms with Crippen LogP contribution in [0.2, 0.25) is 0 Å². The highest BCUT2D eigenvalue weighted by Gasteiger charge is 2.31. The first-order valence-corrected chi connectivity index (χ1v) is 9.67. The van der Waals surface area contributed by atoms with Gasteiger partial charge in [0.05, 0.1) is 17.7 Å². The third-order valence-corrected chi connectivity index (χ3v) is 6.41. The van der Waals surface area contributed by atoms with E-state index in [9.17, 15) is 8.42 Å². The first kappa shape index (κ1) is 16.8. The maximum Gasteiger partial charge on any atom is 0.282 e. The lowest BCUT2D eigenvalue weighted by Crippen LogP contribution is -2.46. The van der Waals surface area contributed by atoms with Crippen molar-refractivity contribution in [2.45, 2.75) is 26.3 Å². The lowest BCUT2D eigenvalue weighted by atomic mass is 9.98. The first-order valence-electron chi connectivity index (χ1n) is 7.33. The molecule has 2 rings (SSSR count). The second-order valence-electron chi connectivity index (χ2n) is 5.39. The molecule has 0 unspecified atom stereocenters. The molecule has 1 aliphatic rings. The fourth-order valence-electron chi connectivity index (χ4n) is 2.52. The summed E-state index contributed by atoms with van der Waals surface area (Å²) >= 11 is 1.48. The summed E-state index contributed by atoms with van der Waals surface area (Å²) in [6.45, 7) is 5.60. The largest absolute Gasteiger partial charge is 0.317 e. The Morgan fingerprint density at radius 3 is 2.76 bits per heavy atom. The van der Waals surface area contributed by atoms with Gasteiger partial charge in [0.15, 0.2) is 0 Å². The molecule has 1 aromatic rings. The molecule has 0 atom stereocenters. The summed E-state index contributed by atoms with van der Waals surface area (Å²) in [6.07, 6.45) is 1.85. The Labute approximate surface area is 131 Å². The number of aromatic nitrogens is 1. The van der Waals surface area contributed by atoms with E-state index in [4.69, 9.17) is 0 Å². The zero-order chi connectivity index (χ0) is 15.3. The van der Waals surface area contributed by atoms with Gasteiger partial charge in [-0.1, -0.05) is 6.92 Å². The van der Waals surface area contributed by atoms with Gasteiger partial charge in [-0.05, 0) is 31.8 Å². The van der Waals surface area contributed by atoms with Gasteiger partial charge in [0.2, 0.25) is 0 Å². The molecule has 0 radical (unpaired) electrons. The number of piperidine rings is 1. The molecule has 2 heterocycles. The van der Waals surface area contributed by atoms with Crippen molar-refractivity contribution in [3.63, 3.8) is 0 Å². The zero-order valence-corrected chi connectivity index (χ0v) is 14.3. The minimum absolute atomic E-state index is 0.336. The van der Waals surface area contributed by atoms with Crippen molar-refractivity contribution in [2.75, 3.05) is 33.2 Å². The van der Waals surface area contributed by atoms with Gasteiger partial charge in [0.1, 0.15) is 0 Å². The molecule has 0 amide bonds. The normalized spacial score (nSPS) is 18.4. The van der Waals surface area contributed by atoms with Crippen LogP contribution in [0.5, 0.6) is 0 Å². The Kier molecular flexibility index (Phi) is 6.12. The van der Waals surface area contributed by atoms with Gasteiger partial charge in [-0.2, -0.15) is 17.0 Å². The second kappa shape index (κ2) is 7.64. The van der Waals surface area contributed by atoms with E-state index in [0.717, 1.165) is 31.6 Å². The van der Waals surface area contributed by atoms with Crippen molar-refractivity contribution in [3.8, 4) is 0 Å². The molecular formula is C13H24N4O2S2. The van der Waals surface area contributed by atoms with Gasteiger partial charge >= 0.3 is 0 Å². The molecule has 120 valence electrons. The number of thiazole rings is 1. The summed E-state index contributed by atoms with van der Waals surface area (Å²) < 4.78 is 28.1. The summed E-state index contributed by atoms with van der Waals surface area (Å²) in [4.78, 5) is 4.15. The third kappa shape index (κ3) is 4.46. The Morgan fingerprint density at radius 2 is 2.19 bits per heavy atom. The quantitative estimate of drug-likeness (QED) is 0.813. The predicted molar refractivity (Wildman–Crippen MR) is 85.3 cm³/mol. The van der Waals surface area contributed by atoms with Crippen LogP contribution in [0, 0.1) is 5.92 Å². The third-order valence-electron chi connectivity index (χ3n) is 3.84. The highest BCUT2D eigenvalue weighted by molar-refractivity contribution is 7.86. The van der Waals surface area contributed by atoms with Gasteiger partial charge < -0.3 is 5.32 Å². The molecule has 0 bridgehead atoms. The van der Waals surface area contributed by atoms with Gasteiger partial charge in [0, 0.05) is 25.5 Å². The highest BCUT2D eigenvalue weighted by Crippen LogP contribution is 2.21. The SMILES string of the molecule is CCNCC1CCN(S(=O)(=O)N(C)Cc2cscn2)CC1. The fourth-order valence-corrected chi connectivity index (χ4v) is 4.43. The minimum atomic E-state index is -3.37. The summed E-state index contributed by atoms with van der Waals surface area (Å²) in [5, 5.41) is 5.22. The highest BCUT2D eigenvalue weighted by atomic mass is 32.2. The van der Waals surface area contributed by atoms with Crippen molar-refractivity contribution in [2.24, 2.45) is 5.92 Å². The molecule has 0 aliphatic carbocycles. The molecule has 6 nitrogen and oxygen atoms in total. The number of hydrogen-bond acceptors (Lipinski definition) is 5. The van der Waals surface area contributed by atoms with E-state index in [2.05, 4.69) is 17.2 Å². The van der Waals surface area contributed by atoms with Crippen LogP contribution in [-0.2, 0) is 16.8 Å². The summed E-state index contributed by atoms with van der Waals surface area (Å²) in [5.74, 6) is 0.584. The Balaban J connectivity index is 1.88. The molecule has 1 fully saturated rings. The van der Waals surface area contributed by atoms with E-state index < -0.39 is 10.2 Å². The molecule has 0 aromatic carbocycles. The van der Waals surface area contributed by atoms with E-state index in [1.54, 1.807) is 16.9 Å². The molecule has 1 aromatic heterocycles. The monoisotopic (exact) mass is 332 g/mol. The van der Waals surface area contributed by atoms with Crippen molar-refractivity contribution in [1.82, 2.24) is 18.9 Å². The average Bonchev–Trinajstić information content (AvgIpc) is 2.98. The zero-order valence-electron chi connectivity index (χ0n) is 12.7. The van der Waals surface area contributed by atoms with Gasteiger partial charge in [0.25, 0.3) is 10.2 Å². The minimum Gasteiger partial charge on any atom is -0.317 e. The number of nitrogens with zero attached hydrogens (tertiary/aromatic N) is 3. The van der Waals surface area contributed by atoms with Crippen LogP contribution in [0.4, 0.5) is 0 Å².